The molecule has 122 valence electrons. The summed E-state index contributed by atoms with van der Waals surface area (Å²) < 4.78 is 32.1. The summed E-state index contributed by atoms with van der Waals surface area (Å²) in [5.41, 5.74) is 0.491. The highest BCUT2D eigenvalue weighted by atomic mass is 35.5. The van der Waals surface area contributed by atoms with E-state index in [2.05, 4.69) is 0 Å². The summed E-state index contributed by atoms with van der Waals surface area (Å²) in [5, 5.41) is 0.389. The van der Waals surface area contributed by atoms with Gasteiger partial charge in [-0.05, 0) is 31.5 Å². The van der Waals surface area contributed by atoms with Gasteiger partial charge >= 0.3 is 5.97 Å². The highest BCUT2D eigenvalue weighted by molar-refractivity contribution is 7.99. The van der Waals surface area contributed by atoms with Crippen LogP contribution < -0.4 is 0 Å². The van der Waals surface area contributed by atoms with Gasteiger partial charge in [0.15, 0.2) is 0 Å². The second kappa shape index (κ2) is 7.21. The van der Waals surface area contributed by atoms with Gasteiger partial charge in [-0.2, -0.15) is 16.1 Å². The Hall–Kier alpha value is -0.760. The Morgan fingerprint density at radius 3 is 2.91 bits per heavy atom. The van der Waals surface area contributed by atoms with Crippen LogP contribution in [-0.2, 0) is 19.6 Å². The van der Waals surface area contributed by atoms with E-state index in [1.54, 1.807) is 37.7 Å². The number of ether oxygens (including phenoxy) is 1. The Labute approximate surface area is 140 Å². The van der Waals surface area contributed by atoms with Crippen molar-refractivity contribution in [2.75, 3.05) is 24.7 Å². The molecular weight excluding hydrogens is 346 g/mol. The van der Waals surface area contributed by atoms with Gasteiger partial charge in [-0.15, -0.1) is 0 Å². The van der Waals surface area contributed by atoms with Crippen molar-refractivity contribution < 1.29 is 17.9 Å². The standard InChI is InChI=1S/C14H18ClNO4S2/c1-3-20-14(17)12-9-21-8-7-16(12)22(18,19)13-6-4-5-11(15)10(13)2/h4-6,12H,3,7-9H2,1-2H3. The lowest BCUT2D eigenvalue weighted by Gasteiger charge is -2.33. The molecule has 1 aliphatic rings. The third kappa shape index (κ3) is 3.42. The van der Waals surface area contributed by atoms with Crippen LogP contribution in [0.3, 0.4) is 0 Å². The number of sulfonamides is 1. The molecule has 5 nitrogen and oxygen atoms in total. The number of hydrogen-bond acceptors (Lipinski definition) is 5. The fourth-order valence-electron chi connectivity index (χ4n) is 2.29. The van der Waals surface area contributed by atoms with E-state index in [-0.39, 0.29) is 18.0 Å². The van der Waals surface area contributed by atoms with Crippen molar-refractivity contribution in [1.82, 2.24) is 4.31 Å². The molecule has 0 radical (unpaired) electrons. The zero-order valence-electron chi connectivity index (χ0n) is 12.4. The maximum atomic E-state index is 12.9. The molecule has 8 heteroatoms. The number of carbonyl (C=O) groups excluding carboxylic acids is 1. The molecule has 1 atom stereocenters. The molecule has 0 spiro atoms. The summed E-state index contributed by atoms with van der Waals surface area (Å²) in [6.45, 7) is 3.87. The summed E-state index contributed by atoms with van der Waals surface area (Å²) in [6, 6.07) is 3.97. The highest BCUT2D eigenvalue weighted by Crippen LogP contribution is 2.29. The van der Waals surface area contributed by atoms with Crippen molar-refractivity contribution in [3.8, 4) is 0 Å². The second-order valence-corrected chi connectivity index (χ2v) is 8.24. The largest absolute Gasteiger partial charge is 0.465 e. The molecule has 1 aromatic rings. The molecule has 0 saturated carbocycles. The minimum Gasteiger partial charge on any atom is -0.465 e. The van der Waals surface area contributed by atoms with Gasteiger partial charge in [-0.1, -0.05) is 17.7 Å². The van der Waals surface area contributed by atoms with Gasteiger partial charge in [0.2, 0.25) is 10.0 Å². The lowest BCUT2D eigenvalue weighted by atomic mass is 10.2. The Bertz CT molecular complexity index is 663. The number of halogens is 1. The molecule has 1 aliphatic heterocycles. The summed E-state index contributed by atoms with van der Waals surface area (Å²) in [5.74, 6) is 0.546. The number of nitrogens with zero attached hydrogens (tertiary/aromatic N) is 1. The normalized spacial score (nSPS) is 19.9. The zero-order valence-corrected chi connectivity index (χ0v) is 14.8. The lowest BCUT2D eigenvalue weighted by Crippen LogP contribution is -2.50. The topological polar surface area (TPSA) is 63.7 Å². The van der Waals surface area contributed by atoms with Crippen LogP contribution in [0, 0.1) is 6.92 Å². The number of thioether (sulfide) groups is 1. The molecule has 0 aromatic heterocycles. The van der Waals surface area contributed by atoms with Crippen LogP contribution in [-0.4, -0.2) is 49.4 Å². The van der Waals surface area contributed by atoms with E-state index in [0.29, 0.717) is 22.1 Å². The molecule has 1 saturated heterocycles. The van der Waals surface area contributed by atoms with Gasteiger partial charge in [0.05, 0.1) is 11.5 Å². The number of carbonyl (C=O) groups is 1. The van der Waals surface area contributed by atoms with E-state index in [0.717, 1.165) is 0 Å². The monoisotopic (exact) mass is 363 g/mol. The Kier molecular flexibility index (Phi) is 5.76. The van der Waals surface area contributed by atoms with Crippen molar-refractivity contribution in [1.29, 1.82) is 0 Å². The number of benzene rings is 1. The SMILES string of the molecule is CCOC(=O)C1CSCCN1S(=O)(=O)c1cccc(Cl)c1C. The number of esters is 1. The van der Waals surface area contributed by atoms with Crippen LogP contribution in [0.4, 0.5) is 0 Å². The van der Waals surface area contributed by atoms with Crippen LogP contribution >= 0.6 is 23.4 Å². The van der Waals surface area contributed by atoms with E-state index in [9.17, 15) is 13.2 Å². The van der Waals surface area contributed by atoms with Crippen molar-refractivity contribution in [3.63, 3.8) is 0 Å². The van der Waals surface area contributed by atoms with Gasteiger partial charge in [0, 0.05) is 23.1 Å². The van der Waals surface area contributed by atoms with Gasteiger partial charge < -0.3 is 4.74 Å². The first-order chi connectivity index (χ1) is 10.4. The minimum atomic E-state index is -3.79. The maximum absolute atomic E-state index is 12.9. The van der Waals surface area contributed by atoms with Crippen molar-refractivity contribution in [2.45, 2.75) is 24.8 Å². The molecule has 0 N–H and O–H groups in total. The van der Waals surface area contributed by atoms with Crippen LogP contribution in [0.15, 0.2) is 23.1 Å². The van der Waals surface area contributed by atoms with Gasteiger partial charge in [0.1, 0.15) is 6.04 Å². The molecule has 1 unspecified atom stereocenters. The minimum absolute atomic E-state index is 0.140. The molecule has 0 amide bonds. The molecule has 0 aliphatic carbocycles. The summed E-state index contributed by atoms with van der Waals surface area (Å²) in [7, 11) is -3.79. The summed E-state index contributed by atoms with van der Waals surface area (Å²) >= 11 is 7.58. The van der Waals surface area contributed by atoms with E-state index >= 15 is 0 Å². The van der Waals surface area contributed by atoms with E-state index in [1.807, 2.05) is 0 Å². The Morgan fingerprint density at radius 2 is 2.23 bits per heavy atom. The predicted molar refractivity (Wildman–Crippen MR) is 87.8 cm³/mol. The summed E-state index contributed by atoms with van der Waals surface area (Å²) in [4.78, 5) is 12.2. The van der Waals surface area contributed by atoms with E-state index < -0.39 is 22.0 Å². The molecule has 2 rings (SSSR count). The predicted octanol–water partition coefficient (Wildman–Crippen LogP) is 2.32. The average Bonchev–Trinajstić information content (AvgIpc) is 2.50. The third-order valence-corrected chi connectivity index (χ3v) is 6.93. The van der Waals surface area contributed by atoms with Crippen molar-refractivity contribution >= 4 is 39.4 Å². The molecule has 0 bridgehead atoms. The smallest absolute Gasteiger partial charge is 0.325 e. The fourth-order valence-corrected chi connectivity index (χ4v) is 5.59. The van der Waals surface area contributed by atoms with Crippen LogP contribution in [0.2, 0.25) is 5.02 Å². The molecular formula is C14H18ClNO4S2. The van der Waals surface area contributed by atoms with Gasteiger partial charge in [-0.25, -0.2) is 8.42 Å². The summed E-state index contributed by atoms with van der Waals surface area (Å²) in [6.07, 6.45) is 0. The Morgan fingerprint density at radius 1 is 1.50 bits per heavy atom. The van der Waals surface area contributed by atoms with Gasteiger partial charge in [0.25, 0.3) is 0 Å². The lowest BCUT2D eigenvalue weighted by molar-refractivity contribution is -0.146. The molecule has 1 heterocycles. The molecule has 22 heavy (non-hydrogen) atoms. The van der Waals surface area contributed by atoms with Crippen LogP contribution in [0.25, 0.3) is 0 Å². The fraction of sp³-hybridized carbons (Fsp3) is 0.500. The molecule has 1 fully saturated rings. The second-order valence-electron chi connectivity index (χ2n) is 4.82. The van der Waals surface area contributed by atoms with Crippen molar-refractivity contribution in [3.05, 3.63) is 28.8 Å². The van der Waals surface area contributed by atoms with E-state index in [4.69, 9.17) is 16.3 Å². The first-order valence-corrected chi connectivity index (χ1v) is 9.88. The first kappa shape index (κ1) is 17.6. The van der Waals surface area contributed by atoms with Crippen LogP contribution in [0.5, 0.6) is 0 Å². The first-order valence-electron chi connectivity index (χ1n) is 6.91. The van der Waals surface area contributed by atoms with Crippen molar-refractivity contribution in [2.24, 2.45) is 0 Å². The zero-order chi connectivity index (χ0) is 16.3. The highest BCUT2D eigenvalue weighted by Gasteiger charge is 2.39. The third-order valence-electron chi connectivity index (χ3n) is 3.44. The van der Waals surface area contributed by atoms with Gasteiger partial charge in [-0.3, -0.25) is 4.79 Å². The average molecular weight is 364 g/mol. The quantitative estimate of drug-likeness (QED) is 0.768. The molecule has 1 aromatic carbocycles. The number of hydrogen-bond donors (Lipinski definition) is 0. The number of rotatable bonds is 4. The maximum Gasteiger partial charge on any atom is 0.325 e. The Balaban J connectivity index is 2.41. The van der Waals surface area contributed by atoms with E-state index in [1.165, 1.54) is 10.4 Å². The van der Waals surface area contributed by atoms with Crippen LogP contribution in [0.1, 0.15) is 12.5 Å².